The van der Waals surface area contributed by atoms with E-state index in [4.69, 9.17) is 14.5 Å². The Bertz CT molecular complexity index is 1280. The van der Waals surface area contributed by atoms with E-state index in [1.807, 2.05) is 38.6 Å². The van der Waals surface area contributed by atoms with Gasteiger partial charge in [0, 0.05) is 61.5 Å². The molecule has 0 amide bonds. The average Bonchev–Trinajstić information content (AvgIpc) is 3.58. The van der Waals surface area contributed by atoms with Crippen molar-refractivity contribution < 1.29 is 9.47 Å². The van der Waals surface area contributed by atoms with Gasteiger partial charge in [-0.05, 0) is 44.0 Å². The third kappa shape index (κ3) is 4.97. The molecule has 2 aromatic carbocycles. The molecule has 5 rings (SSSR count). The summed E-state index contributed by atoms with van der Waals surface area (Å²) in [6.45, 7) is 2.31. The summed E-state index contributed by atoms with van der Waals surface area (Å²) in [5, 5.41) is 7.38. The summed E-state index contributed by atoms with van der Waals surface area (Å²) in [6.07, 6.45) is 8.07. The summed E-state index contributed by atoms with van der Waals surface area (Å²) >= 11 is 0. The summed E-state index contributed by atoms with van der Waals surface area (Å²) < 4.78 is 13.3. The normalized spacial score (nSPS) is 13.3. The Morgan fingerprint density at radius 1 is 1.06 bits per heavy atom. The predicted molar refractivity (Wildman–Crippen MR) is 134 cm³/mol. The minimum atomic E-state index is 0.592. The van der Waals surface area contributed by atoms with E-state index in [0.717, 1.165) is 58.3 Å². The van der Waals surface area contributed by atoms with E-state index in [9.17, 15) is 0 Å². The molecule has 0 atom stereocenters. The monoisotopic (exact) mass is 458 g/mol. The summed E-state index contributed by atoms with van der Waals surface area (Å²) in [4.78, 5) is 11.9. The number of methoxy groups -OCH3 is 1. The first-order valence-electron chi connectivity index (χ1n) is 11.6. The average molecular weight is 459 g/mol. The van der Waals surface area contributed by atoms with Crippen LogP contribution in [0.2, 0.25) is 0 Å². The van der Waals surface area contributed by atoms with Crippen molar-refractivity contribution in [3.05, 3.63) is 55.0 Å². The van der Waals surface area contributed by atoms with Crippen molar-refractivity contribution in [1.82, 2.24) is 25.1 Å². The Hall–Kier alpha value is -3.65. The molecule has 1 N–H and O–H groups in total. The lowest BCUT2D eigenvalue weighted by Gasteiger charge is -2.26. The van der Waals surface area contributed by atoms with Gasteiger partial charge in [0.2, 0.25) is 0 Å². The van der Waals surface area contributed by atoms with Gasteiger partial charge in [0.25, 0.3) is 0 Å². The summed E-state index contributed by atoms with van der Waals surface area (Å²) in [5.74, 6) is 2.26. The van der Waals surface area contributed by atoms with Crippen LogP contribution in [0.4, 0.5) is 11.4 Å². The molecule has 176 valence electrons. The number of fused-ring (bicyclic) bond motifs is 1. The molecule has 34 heavy (non-hydrogen) atoms. The SMILES string of the molecule is CNCCOc1cc(OC)cc(N(CC2CC2)c2ccc3ncc(-c4cnn(C)c4)nc3c2)c1. The summed E-state index contributed by atoms with van der Waals surface area (Å²) in [7, 11) is 5.50. The number of likely N-dealkylation sites (N-methyl/N-ethyl adjacent to an activating group) is 1. The van der Waals surface area contributed by atoms with E-state index in [1.54, 1.807) is 18.0 Å². The van der Waals surface area contributed by atoms with Gasteiger partial charge in [-0.25, -0.2) is 4.98 Å². The number of ether oxygens (including phenoxy) is 2. The van der Waals surface area contributed by atoms with E-state index >= 15 is 0 Å². The van der Waals surface area contributed by atoms with Crippen LogP contribution in [0.1, 0.15) is 12.8 Å². The summed E-state index contributed by atoms with van der Waals surface area (Å²) in [6, 6.07) is 12.4. The molecule has 1 aliphatic rings. The van der Waals surface area contributed by atoms with Gasteiger partial charge in [-0.15, -0.1) is 0 Å². The van der Waals surface area contributed by atoms with E-state index in [1.165, 1.54) is 12.8 Å². The second-order valence-electron chi connectivity index (χ2n) is 8.70. The van der Waals surface area contributed by atoms with Crippen molar-refractivity contribution in [3.63, 3.8) is 0 Å². The molecule has 4 aromatic rings. The fourth-order valence-electron chi connectivity index (χ4n) is 3.96. The fourth-order valence-corrected chi connectivity index (χ4v) is 3.96. The lowest BCUT2D eigenvalue weighted by molar-refractivity contribution is 0.315. The van der Waals surface area contributed by atoms with Crippen LogP contribution in [0.15, 0.2) is 55.0 Å². The standard InChI is InChI=1S/C26H30N6O2/c1-27-8-9-34-23-11-21(10-22(13-23)33-3)32(16-18-4-5-18)20-6-7-24-25(12-20)30-26(15-28-24)19-14-29-31(2)17-19/h6-7,10-15,17-18,27H,4-5,8-9,16H2,1-3H3. The topological polar surface area (TPSA) is 77.3 Å². The van der Waals surface area contributed by atoms with Gasteiger partial charge in [0.15, 0.2) is 0 Å². The zero-order valence-electron chi connectivity index (χ0n) is 19.9. The predicted octanol–water partition coefficient (Wildman–Crippen LogP) is 4.19. The molecule has 1 aliphatic carbocycles. The van der Waals surface area contributed by atoms with Crippen LogP contribution in [0, 0.1) is 5.92 Å². The van der Waals surface area contributed by atoms with E-state index < -0.39 is 0 Å². The highest BCUT2D eigenvalue weighted by Gasteiger charge is 2.26. The maximum atomic E-state index is 5.97. The summed E-state index contributed by atoms with van der Waals surface area (Å²) in [5.41, 5.74) is 5.60. The van der Waals surface area contributed by atoms with E-state index in [0.29, 0.717) is 12.5 Å². The molecule has 8 heteroatoms. The molecule has 0 saturated heterocycles. The molecule has 8 nitrogen and oxygen atoms in total. The first-order valence-corrected chi connectivity index (χ1v) is 11.6. The molecular weight excluding hydrogens is 428 g/mol. The van der Waals surface area contributed by atoms with E-state index in [-0.39, 0.29) is 0 Å². The molecular formula is C26H30N6O2. The van der Waals surface area contributed by atoms with Crippen molar-refractivity contribution in [1.29, 1.82) is 0 Å². The minimum absolute atomic E-state index is 0.592. The molecule has 0 bridgehead atoms. The van der Waals surface area contributed by atoms with Gasteiger partial charge < -0.3 is 19.7 Å². The zero-order chi connectivity index (χ0) is 23.5. The molecule has 2 aromatic heterocycles. The van der Waals surface area contributed by atoms with Crippen LogP contribution < -0.4 is 19.7 Å². The smallest absolute Gasteiger partial charge is 0.125 e. The van der Waals surface area contributed by atoms with Gasteiger partial charge >= 0.3 is 0 Å². The fraction of sp³-hybridized carbons (Fsp3) is 0.346. The van der Waals surface area contributed by atoms with Crippen molar-refractivity contribution in [2.24, 2.45) is 13.0 Å². The number of hydrogen-bond donors (Lipinski definition) is 1. The molecule has 1 saturated carbocycles. The number of benzene rings is 2. The van der Waals surface area contributed by atoms with E-state index in [2.05, 4.69) is 44.6 Å². The van der Waals surface area contributed by atoms with Crippen LogP contribution in [0.3, 0.4) is 0 Å². The number of aromatic nitrogens is 4. The van der Waals surface area contributed by atoms with Gasteiger partial charge in [-0.2, -0.15) is 5.10 Å². The third-order valence-electron chi connectivity index (χ3n) is 6.01. The number of hydrogen-bond acceptors (Lipinski definition) is 7. The largest absolute Gasteiger partial charge is 0.497 e. The number of rotatable bonds is 10. The van der Waals surface area contributed by atoms with Crippen LogP contribution in [-0.2, 0) is 7.05 Å². The molecule has 1 fully saturated rings. The maximum absolute atomic E-state index is 5.97. The Morgan fingerprint density at radius 2 is 1.91 bits per heavy atom. The van der Waals surface area contributed by atoms with Crippen molar-refractivity contribution in [2.45, 2.75) is 12.8 Å². The van der Waals surface area contributed by atoms with Crippen molar-refractivity contribution >= 4 is 22.4 Å². The highest BCUT2D eigenvalue weighted by molar-refractivity contribution is 5.82. The second-order valence-corrected chi connectivity index (χ2v) is 8.70. The maximum Gasteiger partial charge on any atom is 0.125 e. The Labute approximate surface area is 199 Å². The number of aryl methyl sites for hydroxylation is 1. The first kappa shape index (κ1) is 22.2. The Kier molecular flexibility index (Phi) is 6.31. The molecule has 2 heterocycles. The van der Waals surface area contributed by atoms with Gasteiger partial charge in [0.1, 0.15) is 18.1 Å². The van der Waals surface area contributed by atoms with Crippen LogP contribution in [0.5, 0.6) is 11.5 Å². The first-order chi connectivity index (χ1) is 16.6. The van der Waals surface area contributed by atoms with Gasteiger partial charge in [0.05, 0.1) is 36.2 Å². The minimum Gasteiger partial charge on any atom is -0.497 e. The van der Waals surface area contributed by atoms with Crippen LogP contribution in [-0.4, -0.2) is 53.6 Å². The van der Waals surface area contributed by atoms with Crippen LogP contribution in [0.25, 0.3) is 22.3 Å². The van der Waals surface area contributed by atoms with Crippen LogP contribution >= 0.6 is 0 Å². The zero-order valence-corrected chi connectivity index (χ0v) is 19.9. The molecule has 0 radical (unpaired) electrons. The quantitative estimate of drug-likeness (QED) is 0.357. The highest BCUT2D eigenvalue weighted by atomic mass is 16.5. The number of nitrogens with zero attached hydrogens (tertiary/aromatic N) is 5. The van der Waals surface area contributed by atoms with Crippen molar-refractivity contribution in [3.8, 4) is 22.8 Å². The molecule has 0 unspecified atom stereocenters. The lowest BCUT2D eigenvalue weighted by atomic mass is 10.1. The number of nitrogens with one attached hydrogen (secondary N) is 1. The second kappa shape index (κ2) is 9.69. The molecule has 0 spiro atoms. The van der Waals surface area contributed by atoms with Gasteiger partial charge in [-0.3, -0.25) is 9.67 Å². The number of anilines is 2. The Morgan fingerprint density at radius 3 is 2.65 bits per heavy atom. The lowest BCUT2D eigenvalue weighted by Crippen LogP contribution is -2.20. The highest BCUT2D eigenvalue weighted by Crippen LogP contribution is 2.38. The third-order valence-corrected chi connectivity index (χ3v) is 6.01. The molecule has 0 aliphatic heterocycles. The van der Waals surface area contributed by atoms with Crippen molar-refractivity contribution in [2.75, 3.05) is 38.8 Å². The van der Waals surface area contributed by atoms with Gasteiger partial charge in [-0.1, -0.05) is 0 Å². The Balaban J connectivity index is 1.52.